The SMILES string of the molecule is COC(=O)c1cccc(OCC(O)N(C)C)c1. The lowest BCUT2D eigenvalue weighted by atomic mass is 10.2. The number of carbonyl (C=O) groups is 1. The molecule has 0 amide bonds. The van der Waals surface area contributed by atoms with Gasteiger partial charge in [0.1, 0.15) is 18.6 Å². The van der Waals surface area contributed by atoms with Crippen LogP contribution in [0, 0.1) is 0 Å². The van der Waals surface area contributed by atoms with Crippen molar-refractivity contribution in [2.45, 2.75) is 6.23 Å². The molecular formula is C12H17NO4. The number of esters is 1. The maximum absolute atomic E-state index is 11.3. The van der Waals surface area contributed by atoms with Crippen LogP contribution in [0.25, 0.3) is 0 Å². The van der Waals surface area contributed by atoms with Gasteiger partial charge in [-0.1, -0.05) is 6.07 Å². The van der Waals surface area contributed by atoms with E-state index in [9.17, 15) is 9.90 Å². The summed E-state index contributed by atoms with van der Waals surface area (Å²) in [6.45, 7) is 0.137. The molecule has 0 spiro atoms. The number of hydrogen-bond acceptors (Lipinski definition) is 5. The van der Waals surface area contributed by atoms with Crippen LogP contribution >= 0.6 is 0 Å². The topological polar surface area (TPSA) is 59.0 Å². The van der Waals surface area contributed by atoms with Crippen LogP contribution in [0.3, 0.4) is 0 Å². The highest BCUT2D eigenvalue weighted by Gasteiger charge is 2.09. The van der Waals surface area contributed by atoms with Crippen LogP contribution in [0.4, 0.5) is 0 Å². The molecule has 1 N–H and O–H groups in total. The Hall–Kier alpha value is -1.59. The van der Waals surface area contributed by atoms with Gasteiger partial charge in [0.15, 0.2) is 0 Å². The van der Waals surface area contributed by atoms with Crippen LogP contribution in [0.5, 0.6) is 5.75 Å². The molecule has 0 saturated heterocycles. The van der Waals surface area contributed by atoms with Gasteiger partial charge in [0, 0.05) is 0 Å². The van der Waals surface area contributed by atoms with E-state index in [2.05, 4.69) is 4.74 Å². The summed E-state index contributed by atoms with van der Waals surface area (Å²) in [6.07, 6.45) is -0.684. The number of benzene rings is 1. The zero-order valence-corrected chi connectivity index (χ0v) is 10.2. The van der Waals surface area contributed by atoms with Crippen LogP contribution < -0.4 is 4.74 Å². The molecule has 0 aromatic heterocycles. The molecule has 1 aromatic carbocycles. The lowest BCUT2D eigenvalue weighted by molar-refractivity contribution is 0.00185. The predicted molar refractivity (Wildman–Crippen MR) is 63.0 cm³/mol. The molecule has 5 nitrogen and oxygen atoms in total. The van der Waals surface area contributed by atoms with E-state index in [1.54, 1.807) is 43.3 Å². The summed E-state index contributed by atoms with van der Waals surface area (Å²) in [5, 5.41) is 9.52. The first-order valence-corrected chi connectivity index (χ1v) is 5.20. The summed E-state index contributed by atoms with van der Waals surface area (Å²) in [5.74, 6) is 0.109. The van der Waals surface area contributed by atoms with E-state index in [-0.39, 0.29) is 6.61 Å². The summed E-state index contributed by atoms with van der Waals surface area (Å²) in [6, 6.07) is 6.63. The van der Waals surface area contributed by atoms with Crippen molar-refractivity contribution < 1.29 is 19.4 Å². The summed E-state index contributed by atoms with van der Waals surface area (Å²) in [5.41, 5.74) is 0.421. The van der Waals surface area contributed by atoms with Crippen molar-refractivity contribution in [2.24, 2.45) is 0 Å². The van der Waals surface area contributed by atoms with Gasteiger partial charge in [0.25, 0.3) is 0 Å². The number of rotatable bonds is 5. The quantitative estimate of drug-likeness (QED) is 0.606. The van der Waals surface area contributed by atoms with Crippen molar-refractivity contribution in [2.75, 3.05) is 27.8 Å². The summed E-state index contributed by atoms with van der Waals surface area (Å²) in [7, 11) is 4.82. The Morgan fingerprint density at radius 3 is 2.76 bits per heavy atom. The van der Waals surface area contributed by atoms with Gasteiger partial charge in [-0.3, -0.25) is 4.90 Å². The fourth-order valence-electron chi connectivity index (χ4n) is 1.15. The number of likely N-dealkylation sites (N-methyl/N-ethyl adjacent to an activating group) is 1. The van der Waals surface area contributed by atoms with E-state index in [0.717, 1.165) is 0 Å². The summed E-state index contributed by atoms with van der Waals surface area (Å²) in [4.78, 5) is 12.9. The smallest absolute Gasteiger partial charge is 0.337 e. The number of hydrogen-bond donors (Lipinski definition) is 1. The van der Waals surface area contributed by atoms with Crippen molar-refractivity contribution in [1.82, 2.24) is 4.90 Å². The Bertz CT molecular complexity index is 379. The zero-order valence-electron chi connectivity index (χ0n) is 10.2. The van der Waals surface area contributed by atoms with E-state index in [0.29, 0.717) is 11.3 Å². The second kappa shape index (κ2) is 6.22. The highest BCUT2D eigenvalue weighted by atomic mass is 16.5. The van der Waals surface area contributed by atoms with E-state index in [4.69, 9.17) is 4.74 Å². The van der Waals surface area contributed by atoms with Crippen molar-refractivity contribution in [1.29, 1.82) is 0 Å². The molecule has 0 heterocycles. The van der Waals surface area contributed by atoms with E-state index < -0.39 is 12.2 Å². The van der Waals surface area contributed by atoms with Crippen molar-refractivity contribution in [3.63, 3.8) is 0 Å². The molecule has 17 heavy (non-hydrogen) atoms. The molecule has 1 aromatic rings. The lowest BCUT2D eigenvalue weighted by Crippen LogP contribution is -2.33. The number of carbonyl (C=O) groups excluding carboxylic acids is 1. The second-order valence-corrected chi connectivity index (χ2v) is 3.77. The fraction of sp³-hybridized carbons (Fsp3) is 0.417. The molecule has 0 aliphatic carbocycles. The van der Waals surface area contributed by atoms with Crippen LogP contribution in [0.2, 0.25) is 0 Å². The van der Waals surface area contributed by atoms with Crippen LogP contribution in [-0.2, 0) is 4.74 Å². The number of nitrogens with zero attached hydrogens (tertiary/aromatic N) is 1. The molecule has 94 valence electrons. The molecule has 1 unspecified atom stereocenters. The normalized spacial score (nSPS) is 12.3. The molecule has 0 radical (unpaired) electrons. The minimum absolute atomic E-state index is 0.137. The molecule has 1 rings (SSSR count). The Balaban J connectivity index is 2.63. The third kappa shape index (κ3) is 4.05. The van der Waals surface area contributed by atoms with Crippen LogP contribution in [0.15, 0.2) is 24.3 Å². The third-order valence-electron chi connectivity index (χ3n) is 2.25. The van der Waals surface area contributed by atoms with Gasteiger partial charge < -0.3 is 14.6 Å². The average Bonchev–Trinajstić information content (AvgIpc) is 2.35. The maximum Gasteiger partial charge on any atom is 0.337 e. The largest absolute Gasteiger partial charge is 0.489 e. The minimum atomic E-state index is -0.684. The van der Waals surface area contributed by atoms with Gasteiger partial charge in [0.2, 0.25) is 0 Å². The first-order valence-electron chi connectivity index (χ1n) is 5.20. The van der Waals surface area contributed by atoms with E-state index in [1.165, 1.54) is 7.11 Å². The number of aliphatic hydroxyl groups excluding tert-OH is 1. The molecule has 5 heteroatoms. The molecule has 0 aliphatic heterocycles. The Labute approximate surface area is 101 Å². The molecular weight excluding hydrogens is 222 g/mol. The monoisotopic (exact) mass is 239 g/mol. The molecule has 0 fully saturated rings. The minimum Gasteiger partial charge on any atom is -0.489 e. The molecule has 0 saturated carbocycles. The average molecular weight is 239 g/mol. The molecule has 0 bridgehead atoms. The number of methoxy groups -OCH3 is 1. The highest BCUT2D eigenvalue weighted by molar-refractivity contribution is 5.89. The predicted octanol–water partition coefficient (Wildman–Crippen LogP) is 0.732. The van der Waals surface area contributed by atoms with Gasteiger partial charge in [0.05, 0.1) is 12.7 Å². The molecule has 1 atom stereocenters. The number of aliphatic hydroxyl groups is 1. The van der Waals surface area contributed by atoms with E-state index >= 15 is 0 Å². The van der Waals surface area contributed by atoms with Gasteiger partial charge in [-0.05, 0) is 32.3 Å². The van der Waals surface area contributed by atoms with Crippen LogP contribution in [0.1, 0.15) is 10.4 Å². The van der Waals surface area contributed by atoms with Crippen LogP contribution in [-0.4, -0.2) is 50.0 Å². The van der Waals surface area contributed by atoms with E-state index in [1.807, 2.05) is 0 Å². The lowest BCUT2D eigenvalue weighted by Gasteiger charge is -2.18. The highest BCUT2D eigenvalue weighted by Crippen LogP contribution is 2.14. The maximum atomic E-state index is 11.3. The summed E-state index contributed by atoms with van der Waals surface area (Å²) >= 11 is 0. The van der Waals surface area contributed by atoms with Gasteiger partial charge in [-0.15, -0.1) is 0 Å². The van der Waals surface area contributed by atoms with Gasteiger partial charge in [-0.2, -0.15) is 0 Å². The standard InChI is InChI=1S/C12H17NO4/c1-13(2)11(14)8-17-10-6-4-5-9(7-10)12(15)16-3/h4-7,11,14H,8H2,1-3H3. The van der Waals surface area contributed by atoms with Crippen molar-refractivity contribution in [3.05, 3.63) is 29.8 Å². The fourth-order valence-corrected chi connectivity index (χ4v) is 1.15. The first-order chi connectivity index (χ1) is 8.04. The number of ether oxygens (including phenoxy) is 2. The second-order valence-electron chi connectivity index (χ2n) is 3.77. The summed E-state index contributed by atoms with van der Waals surface area (Å²) < 4.78 is 9.97. The Morgan fingerprint density at radius 2 is 2.18 bits per heavy atom. The van der Waals surface area contributed by atoms with Gasteiger partial charge in [-0.25, -0.2) is 4.79 Å². The third-order valence-corrected chi connectivity index (χ3v) is 2.25. The van der Waals surface area contributed by atoms with Gasteiger partial charge >= 0.3 is 5.97 Å². The molecule has 0 aliphatic rings. The Morgan fingerprint density at radius 1 is 1.47 bits per heavy atom. The van der Waals surface area contributed by atoms with Crippen molar-refractivity contribution in [3.8, 4) is 5.75 Å². The van der Waals surface area contributed by atoms with Crippen molar-refractivity contribution >= 4 is 5.97 Å². The first kappa shape index (κ1) is 13.5. The zero-order chi connectivity index (χ0) is 12.8. The Kier molecular flexibility index (Phi) is 4.93.